The molecule has 0 saturated carbocycles. The van der Waals surface area contributed by atoms with Crippen LogP contribution >= 0.6 is 12.4 Å². The second-order valence-corrected chi connectivity index (χ2v) is 5.09. The van der Waals surface area contributed by atoms with Crippen molar-refractivity contribution >= 4 is 24.2 Å². The Morgan fingerprint density at radius 1 is 1.32 bits per heavy atom. The van der Waals surface area contributed by atoms with Crippen molar-refractivity contribution in [2.24, 2.45) is 5.92 Å². The Kier molecular flexibility index (Phi) is 8.76. The zero-order chi connectivity index (χ0) is 13.5. The van der Waals surface area contributed by atoms with Gasteiger partial charge in [-0.3, -0.25) is 9.59 Å². The predicted molar refractivity (Wildman–Crippen MR) is 78.4 cm³/mol. The number of hydrogen-bond acceptors (Lipinski definition) is 3. The first kappa shape index (κ1) is 18.2. The van der Waals surface area contributed by atoms with Crippen molar-refractivity contribution < 1.29 is 9.59 Å². The quantitative estimate of drug-likeness (QED) is 0.813. The number of nitrogens with zero attached hydrogens (tertiary/aromatic N) is 2. The highest BCUT2D eigenvalue weighted by molar-refractivity contribution is 5.86. The Labute approximate surface area is 122 Å². The van der Waals surface area contributed by atoms with Crippen molar-refractivity contribution in [2.75, 3.05) is 40.3 Å². The second-order valence-electron chi connectivity index (χ2n) is 5.09. The van der Waals surface area contributed by atoms with Crippen molar-refractivity contribution in [2.45, 2.75) is 26.2 Å². The fourth-order valence-electron chi connectivity index (χ4n) is 2.16. The van der Waals surface area contributed by atoms with Gasteiger partial charge in [-0.15, -0.1) is 12.4 Å². The number of nitrogens with one attached hydrogen (secondary N) is 1. The van der Waals surface area contributed by atoms with Gasteiger partial charge in [0, 0.05) is 27.2 Å². The lowest BCUT2D eigenvalue weighted by Crippen LogP contribution is -2.46. The summed E-state index contributed by atoms with van der Waals surface area (Å²) in [5, 5.41) is 3.25. The van der Waals surface area contributed by atoms with Crippen molar-refractivity contribution in [3.8, 4) is 0 Å². The molecule has 0 spiro atoms. The summed E-state index contributed by atoms with van der Waals surface area (Å²) in [6.07, 6.45) is 2.85. The van der Waals surface area contributed by atoms with Gasteiger partial charge in [0.1, 0.15) is 0 Å². The third-order valence-electron chi connectivity index (χ3n) is 3.28. The van der Waals surface area contributed by atoms with E-state index in [4.69, 9.17) is 0 Å². The Morgan fingerprint density at radius 3 is 2.47 bits per heavy atom. The van der Waals surface area contributed by atoms with Crippen LogP contribution in [0.15, 0.2) is 0 Å². The Morgan fingerprint density at radius 2 is 2.00 bits per heavy atom. The summed E-state index contributed by atoms with van der Waals surface area (Å²) in [4.78, 5) is 27.3. The summed E-state index contributed by atoms with van der Waals surface area (Å²) in [5.74, 6) is 0.153. The molecule has 0 aromatic carbocycles. The summed E-state index contributed by atoms with van der Waals surface area (Å²) in [6.45, 7) is 4.63. The first-order valence-corrected chi connectivity index (χ1v) is 6.76. The number of carbonyl (C=O) groups excluding carboxylic acids is 2. The Balaban J connectivity index is 0.00000324. The first-order chi connectivity index (χ1) is 8.56. The lowest BCUT2D eigenvalue weighted by atomic mass is 9.98. The predicted octanol–water partition coefficient (Wildman–Crippen LogP) is 0.735. The van der Waals surface area contributed by atoms with Crippen LogP contribution in [0, 0.1) is 5.92 Å². The molecule has 2 amide bonds. The molecule has 0 aromatic heterocycles. The maximum atomic E-state index is 12.4. The number of rotatable bonds is 5. The van der Waals surface area contributed by atoms with E-state index in [2.05, 4.69) is 5.32 Å². The number of piperidine rings is 1. The zero-order valence-corrected chi connectivity index (χ0v) is 13.0. The molecule has 1 saturated heterocycles. The molecule has 19 heavy (non-hydrogen) atoms. The average Bonchev–Trinajstić information content (AvgIpc) is 2.38. The van der Waals surface area contributed by atoms with E-state index in [1.807, 2.05) is 6.92 Å². The van der Waals surface area contributed by atoms with Crippen LogP contribution < -0.4 is 5.32 Å². The van der Waals surface area contributed by atoms with E-state index in [-0.39, 0.29) is 36.7 Å². The molecule has 0 bridgehead atoms. The molecule has 112 valence electrons. The molecule has 1 atom stereocenters. The molecule has 0 aliphatic carbocycles. The summed E-state index contributed by atoms with van der Waals surface area (Å²) in [5.41, 5.74) is 0. The largest absolute Gasteiger partial charge is 0.347 e. The van der Waals surface area contributed by atoms with Gasteiger partial charge in [0.25, 0.3) is 0 Å². The van der Waals surface area contributed by atoms with Gasteiger partial charge in [-0.1, -0.05) is 6.92 Å². The normalized spacial score (nSPS) is 18.4. The second kappa shape index (κ2) is 9.15. The third kappa shape index (κ3) is 5.78. The van der Waals surface area contributed by atoms with Crippen molar-refractivity contribution in [1.29, 1.82) is 0 Å². The molecule has 5 nitrogen and oxygen atoms in total. The molecular formula is C13H26ClN3O2. The highest BCUT2D eigenvalue weighted by atomic mass is 35.5. The molecule has 1 heterocycles. The molecule has 6 heteroatoms. The van der Waals surface area contributed by atoms with Crippen LogP contribution in [0.1, 0.15) is 26.2 Å². The van der Waals surface area contributed by atoms with Crippen LogP contribution in [0.5, 0.6) is 0 Å². The maximum absolute atomic E-state index is 12.4. The van der Waals surface area contributed by atoms with Crippen molar-refractivity contribution in [3.05, 3.63) is 0 Å². The van der Waals surface area contributed by atoms with E-state index in [9.17, 15) is 9.59 Å². The lowest BCUT2D eigenvalue weighted by Gasteiger charge is -2.29. The number of hydrogen-bond donors (Lipinski definition) is 1. The topological polar surface area (TPSA) is 52.7 Å². The molecule has 1 aliphatic heterocycles. The van der Waals surface area contributed by atoms with E-state index in [0.717, 1.165) is 32.4 Å². The van der Waals surface area contributed by atoms with E-state index in [0.29, 0.717) is 6.54 Å². The SMILES string of the molecule is CCCN(CC(=O)N(C)C)C(=O)C1CCCNC1.Cl. The molecule has 1 rings (SSSR count). The number of halogens is 1. The van der Waals surface area contributed by atoms with E-state index in [1.165, 1.54) is 4.90 Å². The highest BCUT2D eigenvalue weighted by Crippen LogP contribution is 2.13. The molecule has 1 N–H and O–H groups in total. The van der Waals surface area contributed by atoms with Gasteiger partial charge in [0.2, 0.25) is 11.8 Å². The van der Waals surface area contributed by atoms with Gasteiger partial charge in [-0.05, 0) is 25.8 Å². The molecule has 0 aromatic rings. The first-order valence-electron chi connectivity index (χ1n) is 6.76. The summed E-state index contributed by atoms with van der Waals surface area (Å²) >= 11 is 0. The van der Waals surface area contributed by atoms with Crippen LogP contribution in [0.25, 0.3) is 0 Å². The van der Waals surface area contributed by atoms with E-state index >= 15 is 0 Å². The van der Waals surface area contributed by atoms with Crippen molar-refractivity contribution in [1.82, 2.24) is 15.1 Å². The smallest absolute Gasteiger partial charge is 0.241 e. The highest BCUT2D eigenvalue weighted by Gasteiger charge is 2.26. The van der Waals surface area contributed by atoms with Gasteiger partial charge >= 0.3 is 0 Å². The summed E-state index contributed by atoms with van der Waals surface area (Å²) < 4.78 is 0. The zero-order valence-electron chi connectivity index (χ0n) is 12.1. The molecular weight excluding hydrogens is 266 g/mol. The van der Waals surface area contributed by atoms with Crippen LogP contribution in [-0.4, -0.2) is 61.9 Å². The molecule has 0 radical (unpaired) electrons. The van der Waals surface area contributed by atoms with Gasteiger partial charge in [-0.2, -0.15) is 0 Å². The Bertz CT molecular complexity index is 292. The Hall–Kier alpha value is -0.810. The summed E-state index contributed by atoms with van der Waals surface area (Å²) in [6, 6.07) is 0. The number of carbonyl (C=O) groups is 2. The molecule has 1 aliphatic rings. The monoisotopic (exact) mass is 291 g/mol. The third-order valence-corrected chi connectivity index (χ3v) is 3.28. The summed E-state index contributed by atoms with van der Waals surface area (Å²) in [7, 11) is 3.44. The van der Waals surface area contributed by atoms with E-state index in [1.54, 1.807) is 19.0 Å². The fraction of sp³-hybridized carbons (Fsp3) is 0.846. The standard InChI is InChI=1S/C13H25N3O2.ClH/c1-4-8-16(10-12(17)15(2)3)13(18)11-6-5-7-14-9-11;/h11,14H,4-10H2,1-3H3;1H. The van der Waals surface area contributed by atoms with Crippen LogP contribution in [0.4, 0.5) is 0 Å². The molecule has 1 fully saturated rings. The fourth-order valence-corrected chi connectivity index (χ4v) is 2.16. The van der Waals surface area contributed by atoms with Crippen molar-refractivity contribution in [3.63, 3.8) is 0 Å². The van der Waals surface area contributed by atoms with Gasteiger partial charge in [0.15, 0.2) is 0 Å². The van der Waals surface area contributed by atoms with Gasteiger partial charge in [0.05, 0.1) is 12.5 Å². The van der Waals surface area contributed by atoms with Crippen LogP contribution in [0.2, 0.25) is 0 Å². The van der Waals surface area contributed by atoms with Crippen LogP contribution in [0.3, 0.4) is 0 Å². The van der Waals surface area contributed by atoms with Crippen LogP contribution in [-0.2, 0) is 9.59 Å². The minimum Gasteiger partial charge on any atom is -0.347 e. The average molecular weight is 292 g/mol. The minimum absolute atomic E-state index is 0. The minimum atomic E-state index is -0.0134. The molecule has 1 unspecified atom stereocenters. The lowest BCUT2D eigenvalue weighted by molar-refractivity contribution is -0.142. The van der Waals surface area contributed by atoms with Gasteiger partial charge < -0.3 is 15.1 Å². The number of amides is 2. The number of likely N-dealkylation sites (N-methyl/N-ethyl adjacent to an activating group) is 1. The van der Waals surface area contributed by atoms with E-state index < -0.39 is 0 Å². The van der Waals surface area contributed by atoms with Gasteiger partial charge in [-0.25, -0.2) is 0 Å². The maximum Gasteiger partial charge on any atom is 0.241 e.